The zero-order valence-corrected chi connectivity index (χ0v) is 13.1. The lowest BCUT2D eigenvalue weighted by atomic mass is 10.1. The third kappa shape index (κ3) is 3.25. The molecule has 21 heavy (non-hydrogen) atoms. The average molecular weight is 314 g/mol. The van der Waals surface area contributed by atoms with Crippen molar-refractivity contribution in [2.24, 2.45) is 0 Å². The molecule has 5 heteroatoms. The third-order valence-electron chi connectivity index (χ3n) is 3.10. The highest BCUT2D eigenvalue weighted by atomic mass is 32.2. The summed E-state index contributed by atoms with van der Waals surface area (Å²) in [6.45, 7) is 1.90. The SMILES string of the molecule is CC(Sc1nccs1)C(=O)Nc1cccc2ccccc12. The molecule has 0 saturated heterocycles. The second-order valence-corrected chi connectivity index (χ2v) is 7.06. The molecule has 106 valence electrons. The quantitative estimate of drug-likeness (QED) is 0.725. The number of aromatic nitrogens is 1. The van der Waals surface area contributed by atoms with Gasteiger partial charge in [0.15, 0.2) is 4.34 Å². The largest absolute Gasteiger partial charge is 0.325 e. The number of nitrogens with one attached hydrogen (secondary N) is 1. The van der Waals surface area contributed by atoms with E-state index in [0.717, 1.165) is 20.8 Å². The second kappa shape index (κ2) is 6.28. The summed E-state index contributed by atoms with van der Waals surface area (Å²) < 4.78 is 0.913. The van der Waals surface area contributed by atoms with Crippen LogP contribution in [0.25, 0.3) is 10.8 Å². The molecule has 0 radical (unpaired) electrons. The van der Waals surface area contributed by atoms with Crippen LogP contribution >= 0.6 is 23.1 Å². The Kier molecular flexibility index (Phi) is 4.22. The fraction of sp³-hybridized carbons (Fsp3) is 0.125. The van der Waals surface area contributed by atoms with Crippen LogP contribution in [-0.2, 0) is 4.79 Å². The van der Waals surface area contributed by atoms with Crippen molar-refractivity contribution < 1.29 is 4.79 Å². The number of nitrogens with zero attached hydrogens (tertiary/aromatic N) is 1. The minimum Gasteiger partial charge on any atom is -0.325 e. The van der Waals surface area contributed by atoms with E-state index in [-0.39, 0.29) is 11.2 Å². The van der Waals surface area contributed by atoms with Gasteiger partial charge < -0.3 is 5.32 Å². The number of rotatable bonds is 4. The van der Waals surface area contributed by atoms with E-state index in [0.29, 0.717) is 0 Å². The van der Waals surface area contributed by atoms with Crippen LogP contribution in [0.1, 0.15) is 6.92 Å². The molecular weight excluding hydrogens is 300 g/mol. The fourth-order valence-electron chi connectivity index (χ4n) is 2.04. The number of thiazole rings is 1. The van der Waals surface area contributed by atoms with Crippen LogP contribution in [0.3, 0.4) is 0 Å². The number of amides is 1. The summed E-state index contributed by atoms with van der Waals surface area (Å²) in [4.78, 5) is 16.5. The van der Waals surface area contributed by atoms with E-state index in [1.807, 2.05) is 54.8 Å². The lowest BCUT2D eigenvalue weighted by Gasteiger charge is -2.12. The van der Waals surface area contributed by atoms with Crippen LogP contribution in [0, 0.1) is 0 Å². The van der Waals surface area contributed by atoms with Crippen LogP contribution in [0.15, 0.2) is 58.4 Å². The van der Waals surface area contributed by atoms with Gasteiger partial charge in [0, 0.05) is 22.7 Å². The van der Waals surface area contributed by atoms with Crippen molar-refractivity contribution in [1.29, 1.82) is 0 Å². The first-order valence-corrected chi connectivity index (χ1v) is 8.35. The Bertz CT molecular complexity index is 751. The summed E-state index contributed by atoms with van der Waals surface area (Å²) in [7, 11) is 0. The Hall–Kier alpha value is -1.85. The van der Waals surface area contributed by atoms with E-state index in [9.17, 15) is 4.79 Å². The van der Waals surface area contributed by atoms with Gasteiger partial charge in [-0.25, -0.2) is 4.98 Å². The molecule has 0 bridgehead atoms. The summed E-state index contributed by atoms with van der Waals surface area (Å²) >= 11 is 3.03. The fourth-order valence-corrected chi connectivity index (χ4v) is 3.81. The number of hydrogen-bond acceptors (Lipinski definition) is 4. The first-order chi connectivity index (χ1) is 10.2. The predicted molar refractivity (Wildman–Crippen MR) is 90.0 cm³/mol. The molecule has 1 unspecified atom stereocenters. The van der Waals surface area contributed by atoms with Crippen molar-refractivity contribution in [3.8, 4) is 0 Å². The van der Waals surface area contributed by atoms with Gasteiger partial charge in [-0.3, -0.25) is 4.79 Å². The lowest BCUT2D eigenvalue weighted by Crippen LogP contribution is -2.22. The molecular formula is C16H14N2OS2. The zero-order valence-electron chi connectivity index (χ0n) is 11.4. The highest BCUT2D eigenvalue weighted by Crippen LogP contribution is 2.27. The molecule has 3 aromatic rings. The molecule has 3 rings (SSSR count). The molecule has 2 aromatic carbocycles. The molecule has 1 amide bonds. The minimum atomic E-state index is -0.185. The molecule has 0 aliphatic rings. The van der Waals surface area contributed by atoms with Gasteiger partial charge >= 0.3 is 0 Å². The lowest BCUT2D eigenvalue weighted by molar-refractivity contribution is -0.115. The van der Waals surface area contributed by atoms with Crippen molar-refractivity contribution >= 4 is 45.5 Å². The Morgan fingerprint density at radius 1 is 1.24 bits per heavy atom. The maximum atomic E-state index is 12.3. The molecule has 1 aromatic heterocycles. The standard InChI is InChI=1S/C16H14N2OS2/c1-11(21-16-17-9-10-20-16)15(19)18-14-8-4-6-12-5-2-3-7-13(12)14/h2-11H,1H3,(H,18,19). The zero-order chi connectivity index (χ0) is 14.7. The van der Waals surface area contributed by atoms with E-state index in [1.165, 1.54) is 11.8 Å². The van der Waals surface area contributed by atoms with Crippen LogP contribution in [0.4, 0.5) is 5.69 Å². The van der Waals surface area contributed by atoms with Gasteiger partial charge in [0.1, 0.15) is 0 Å². The van der Waals surface area contributed by atoms with Gasteiger partial charge in [0.2, 0.25) is 5.91 Å². The number of benzene rings is 2. The van der Waals surface area contributed by atoms with Crippen molar-refractivity contribution in [3.05, 3.63) is 54.0 Å². The maximum absolute atomic E-state index is 12.3. The number of anilines is 1. The maximum Gasteiger partial charge on any atom is 0.237 e. The Morgan fingerprint density at radius 3 is 2.86 bits per heavy atom. The van der Waals surface area contributed by atoms with Crippen LogP contribution in [0.5, 0.6) is 0 Å². The number of thioether (sulfide) groups is 1. The van der Waals surface area contributed by atoms with Crippen LogP contribution in [-0.4, -0.2) is 16.1 Å². The van der Waals surface area contributed by atoms with Crippen LogP contribution < -0.4 is 5.32 Å². The molecule has 1 atom stereocenters. The van der Waals surface area contributed by atoms with Gasteiger partial charge in [0.05, 0.1) is 5.25 Å². The highest BCUT2D eigenvalue weighted by Gasteiger charge is 2.16. The monoisotopic (exact) mass is 314 g/mol. The first-order valence-electron chi connectivity index (χ1n) is 6.59. The molecule has 1 heterocycles. The van der Waals surface area contributed by atoms with Crippen molar-refractivity contribution in [1.82, 2.24) is 4.98 Å². The predicted octanol–water partition coefficient (Wildman–Crippen LogP) is 4.42. The summed E-state index contributed by atoms with van der Waals surface area (Å²) in [6.07, 6.45) is 1.75. The van der Waals surface area contributed by atoms with E-state index in [1.54, 1.807) is 17.5 Å². The molecule has 0 aliphatic heterocycles. The summed E-state index contributed by atoms with van der Waals surface area (Å²) in [5.74, 6) is -0.00782. The molecule has 1 N–H and O–H groups in total. The molecule has 0 saturated carbocycles. The van der Waals surface area contributed by atoms with E-state index >= 15 is 0 Å². The summed E-state index contributed by atoms with van der Waals surface area (Å²) in [5.41, 5.74) is 0.852. The van der Waals surface area contributed by atoms with Crippen molar-refractivity contribution in [2.45, 2.75) is 16.5 Å². The van der Waals surface area contributed by atoms with Gasteiger partial charge in [-0.15, -0.1) is 11.3 Å². The third-order valence-corrected chi connectivity index (χ3v) is 5.12. The number of hydrogen-bond donors (Lipinski definition) is 1. The Labute approximate surface area is 131 Å². The van der Waals surface area contributed by atoms with Crippen molar-refractivity contribution in [2.75, 3.05) is 5.32 Å². The highest BCUT2D eigenvalue weighted by molar-refractivity contribution is 8.02. The van der Waals surface area contributed by atoms with Gasteiger partial charge in [0.25, 0.3) is 0 Å². The Morgan fingerprint density at radius 2 is 2.05 bits per heavy atom. The van der Waals surface area contributed by atoms with Gasteiger partial charge in [-0.05, 0) is 18.4 Å². The smallest absolute Gasteiger partial charge is 0.237 e. The van der Waals surface area contributed by atoms with E-state index in [2.05, 4.69) is 10.3 Å². The average Bonchev–Trinajstić information content (AvgIpc) is 3.00. The normalized spacial score (nSPS) is 12.2. The van der Waals surface area contributed by atoms with E-state index in [4.69, 9.17) is 0 Å². The number of carbonyl (C=O) groups is 1. The number of fused-ring (bicyclic) bond motifs is 1. The molecule has 0 spiro atoms. The molecule has 0 fully saturated rings. The van der Waals surface area contributed by atoms with Crippen molar-refractivity contribution in [3.63, 3.8) is 0 Å². The Balaban J connectivity index is 1.77. The molecule has 0 aliphatic carbocycles. The van der Waals surface area contributed by atoms with E-state index < -0.39 is 0 Å². The van der Waals surface area contributed by atoms with Gasteiger partial charge in [-0.2, -0.15) is 0 Å². The first kappa shape index (κ1) is 14.1. The number of carbonyl (C=O) groups excluding carboxylic acids is 1. The van der Waals surface area contributed by atoms with Crippen LogP contribution in [0.2, 0.25) is 0 Å². The molecule has 3 nitrogen and oxygen atoms in total. The van der Waals surface area contributed by atoms with Gasteiger partial charge in [-0.1, -0.05) is 48.2 Å². The second-order valence-electron chi connectivity index (χ2n) is 4.57. The summed E-state index contributed by atoms with van der Waals surface area (Å²) in [5, 5.41) is 6.92. The summed E-state index contributed by atoms with van der Waals surface area (Å²) in [6, 6.07) is 14.0. The minimum absolute atomic E-state index is 0.00782. The topological polar surface area (TPSA) is 42.0 Å².